The summed E-state index contributed by atoms with van der Waals surface area (Å²) in [5, 5.41) is 7.37. The number of amides is 2. The van der Waals surface area contributed by atoms with E-state index in [1.54, 1.807) is 12.3 Å². The molecule has 0 unspecified atom stereocenters. The topological polar surface area (TPSA) is 62.7 Å². The van der Waals surface area contributed by atoms with E-state index in [2.05, 4.69) is 47.7 Å². The molecule has 3 aromatic carbocycles. The third-order valence-electron chi connectivity index (χ3n) is 4.09. The van der Waals surface area contributed by atoms with Gasteiger partial charge in [0.15, 0.2) is 0 Å². The maximum Gasteiger partial charge on any atom is 0.339 e. The molecule has 2 amide bonds. The normalized spacial score (nSPS) is 10.8. The minimum atomic E-state index is -0.424. The zero-order valence-electron chi connectivity index (χ0n) is 16.0. The number of halogens is 3. The molecular formula is C22H18Br2ClN3O2. The molecule has 0 fully saturated rings. The van der Waals surface area contributed by atoms with Gasteiger partial charge < -0.3 is 10.1 Å². The number of ether oxygens (including phenoxy) is 1. The van der Waals surface area contributed by atoms with Gasteiger partial charge in [-0.25, -0.2) is 10.2 Å². The quantitative estimate of drug-likeness (QED) is 0.258. The molecule has 0 saturated carbocycles. The minimum Gasteiger partial charge on any atom is -0.488 e. The number of hydrogen-bond acceptors (Lipinski definition) is 3. The van der Waals surface area contributed by atoms with Crippen LogP contribution in [0, 0.1) is 6.92 Å². The van der Waals surface area contributed by atoms with Gasteiger partial charge in [0.1, 0.15) is 12.4 Å². The van der Waals surface area contributed by atoms with Gasteiger partial charge in [0.25, 0.3) is 0 Å². The maximum absolute atomic E-state index is 12.0. The largest absolute Gasteiger partial charge is 0.488 e. The number of hydrogen-bond donors (Lipinski definition) is 2. The van der Waals surface area contributed by atoms with Crippen molar-refractivity contribution in [1.29, 1.82) is 0 Å². The lowest BCUT2D eigenvalue weighted by Crippen LogP contribution is -2.24. The van der Waals surface area contributed by atoms with Crippen LogP contribution < -0.4 is 15.5 Å². The van der Waals surface area contributed by atoms with Gasteiger partial charge in [0.2, 0.25) is 0 Å². The molecule has 0 saturated heterocycles. The number of aryl methyl sites for hydroxylation is 1. The Morgan fingerprint density at radius 1 is 1.10 bits per heavy atom. The molecule has 30 heavy (non-hydrogen) atoms. The van der Waals surface area contributed by atoms with Crippen molar-refractivity contribution in [3.63, 3.8) is 0 Å². The molecule has 8 heteroatoms. The Bertz CT molecular complexity index is 1090. The Morgan fingerprint density at radius 2 is 1.90 bits per heavy atom. The fourth-order valence-electron chi connectivity index (χ4n) is 2.53. The van der Waals surface area contributed by atoms with Gasteiger partial charge in [-0.1, -0.05) is 45.7 Å². The Labute approximate surface area is 196 Å². The van der Waals surface area contributed by atoms with Crippen molar-refractivity contribution in [1.82, 2.24) is 5.43 Å². The zero-order chi connectivity index (χ0) is 21.5. The van der Waals surface area contributed by atoms with Crippen LogP contribution in [0.4, 0.5) is 10.5 Å². The van der Waals surface area contributed by atoms with Crippen molar-refractivity contribution < 1.29 is 9.53 Å². The van der Waals surface area contributed by atoms with Crippen molar-refractivity contribution in [3.8, 4) is 5.75 Å². The second kappa shape index (κ2) is 10.6. The highest BCUT2D eigenvalue weighted by Gasteiger charge is 2.05. The summed E-state index contributed by atoms with van der Waals surface area (Å²) < 4.78 is 7.58. The van der Waals surface area contributed by atoms with Crippen LogP contribution in [-0.2, 0) is 6.61 Å². The molecule has 3 aromatic rings. The van der Waals surface area contributed by atoms with Crippen LogP contribution in [0.1, 0.15) is 16.7 Å². The Morgan fingerprint density at radius 3 is 2.63 bits per heavy atom. The van der Waals surface area contributed by atoms with Crippen LogP contribution in [0.5, 0.6) is 5.75 Å². The van der Waals surface area contributed by atoms with E-state index in [0.717, 1.165) is 25.6 Å². The summed E-state index contributed by atoms with van der Waals surface area (Å²) >= 11 is 13.1. The highest BCUT2D eigenvalue weighted by Crippen LogP contribution is 2.27. The van der Waals surface area contributed by atoms with Crippen LogP contribution in [0.2, 0.25) is 5.02 Å². The van der Waals surface area contributed by atoms with E-state index in [-0.39, 0.29) is 0 Å². The van der Waals surface area contributed by atoms with Crippen LogP contribution in [-0.4, -0.2) is 12.2 Å². The Hall–Kier alpha value is -2.35. The summed E-state index contributed by atoms with van der Waals surface area (Å²) in [5.74, 6) is 0.684. The summed E-state index contributed by atoms with van der Waals surface area (Å²) in [7, 11) is 0. The van der Waals surface area contributed by atoms with E-state index in [1.165, 1.54) is 0 Å². The maximum atomic E-state index is 12.0. The number of anilines is 1. The molecule has 0 aliphatic carbocycles. The third-order valence-corrected chi connectivity index (χ3v) is 5.97. The van der Waals surface area contributed by atoms with Gasteiger partial charge in [-0.05, 0) is 76.4 Å². The SMILES string of the molecule is Cc1cc(NC(=O)N/N=C/c2ccc(OCc3ccccc3Cl)c(Br)c2)ccc1Br. The monoisotopic (exact) mass is 549 g/mol. The van der Waals surface area contributed by atoms with Gasteiger partial charge in [-0.3, -0.25) is 0 Å². The molecule has 0 aromatic heterocycles. The summed E-state index contributed by atoms with van der Waals surface area (Å²) in [6.45, 7) is 2.31. The zero-order valence-corrected chi connectivity index (χ0v) is 19.9. The molecule has 0 atom stereocenters. The summed E-state index contributed by atoms with van der Waals surface area (Å²) in [4.78, 5) is 12.0. The number of nitrogens with zero attached hydrogens (tertiary/aromatic N) is 1. The van der Waals surface area contributed by atoms with E-state index in [0.29, 0.717) is 23.1 Å². The standard InChI is InChI=1S/C22H18Br2ClN3O2/c1-14-10-17(7-8-18(14)23)27-22(29)28-26-12-15-6-9-21(19(24)11-15)30-13-16-4-2-3-5-20(16)25/h2-12H,13H2,1H3,(H2,27,28,29)/b26-12+. The van der Waals surface area contributed by atoms with Gasteiger partial charge >= 0.3 is 6.03 Å². The molecule has 0 aliphatic heterocycles. The fraction of sp³-hybridized carbons (Fsp3) is 0.0909. The minimum absolute atomic E-state index is 0.364. The predicted molar refractivity (Wildman–Crippen MR) is 129 cm³/mol. The van der Waals surface area contributed by atoms with Crippen LogP contribution in [0.15, 0.2) is 74.7 Å². The number of carbonyl (C=O) groups excluding carboxylic acids is 1. The van der Waals surface area contributed by atoms with E-state index in [9.17, 15) is 4.79 Å². The van der Waals surface area contributed by atoms with Crippen molar-refractivity contribution in [2.24, 2.45) is 5.10 Å². The second-order valence-corrected chi connectivity index (χ2v) is 8.47. The molecule has 0 heterocycles. The van der Waals surface area contributed by atoms with Crippen LogP contribution >= 0.6 is 43.5 Å². The van der Waals surface area contributed by atoms with Crippen LogP contribution in [0.25, 0.3) is 0 Å². The van der Waals surface area contributed by atoms with E-state index < -0.39 is 6.03 Å². The summed E-state index contributed by atoms with van der Waals surface area (Å²) in [6.07, 6.45) is 1.55. The number of benzene rings is 3. The van der Waals surface area contributed by atoms with Gasteiger partial charge in [-0.2, -0.15) is 5.10 Å². The lowest BCUT2D eigenvalue weighted by atomic mass is 10.2. The number of urea groups is 1. The highest BCUT2D eigenvalue weighted by atomic mass is 79.9. The first-order valence-corrected chi connectivity index (χ1v) is 10.9. The van der Waals surface area contributed by atoms with E-state index in [4.69, 9.17) is 16.3 Å². The third kappa shape index (κ3) is 6.32. The average Bonchev–Trinajstić information content (AvgIpc) is 2.71. The first-order valence-electron chi connectivity index (χ1n) is 8.94. The van der Waals surface area contributed by atoms with E-state index >= 15 is 0 Å². The lowest BCUT2D eigenvalue weighted by Gasteiger charge is -2.10. The Balaban J connectivity index is 1.54. The Kier molecular flexibility index (Phi) is 7.90. The number of carbonyl (C=O) groups is 1. The van der Waals surface area contributed by atoms with Gasteiger partial charge in [0, 0.05) is 20.7 Å². The molecule has 0 spiro atoms. The molecule has 5 nitrogen and oxygen atoms in total. The first-order chi connectivity index (χ1) is 14.4. The van der Waals surface area contributed by atoms with E-state index in [1.807, 2.05) is 61.5 Å². The molecule has 3 rings (SSSR count). The number of rotatable bonds is 6. The predicted octanol–water partition coefficient (Wildman–Crippen LogP) is 6.91. The van der Waals surface area contributed by atoms with Crippen LogP contribution in [0.3, 0.4) is 0 Å². The second-order valence-electron chi connectivity index (χ2n) is 6.36. The van der Waals surface area contributed by atoms with Gasteiger partial charge in [0.05, 0.1) is 10.7 Å². The number of nitrogens with one attached hydrogen (secondary N) is 2. The smallest absolute Gasteiger partial charge is 0.339 e. The van der Waals surface area contributed by atoms with Gasteiger partial charge in [-0.15, -0.1) is 0 Å². The summed E-state index contributed by atoms with van der Waals surface area (Å²) in [6, 6.07) is 18.2. The fourth-order valence-corrected chi connectivity index (χ4v) is 3.48. The molecule has 154 valence electrons. The van der Waals surface area contributed by atoms with Crippen molar-refractivity contribution in [2.75, 3.05) is 5.32 Å². The first kappa shape index (κ1) is 22.3. The van der Waals surface area contributed by atoms with Crippen molar-refractivity contribution in [3.05, 3.63) is 91.3 Å². The molecular weight excluding hydrogens is 534 g/mol. The highest BCUT2D eigenvalue weighted by molar-refractivity contribution is 9.10. The molecule has 0 aliphatic rings. The summed E-state index contributed by atoms with van der Waals surface area (Å²) in [5.41, 5.74) is 5.87. The molecule has 2 N–H and O–H groups in total. The molecule has 0 radical (unpaired) electrons. The van der Waals surface area contributed by atoms with Crippen molar-refractivity contribution in [2.45, 2.75) is 13.5 Å². The molecule has 0 bridgehead atoms. The number of hydrazone groups is 1. The lowest BCUT2D eigenvalue weighted by molar-refractivity contribution is 0.252. The average molecular weight is 552 g/mol. The van der Waals surface area contributed by atoms with Crippen molar-refractivity contribution >= 4 is 61.4 Å².